The van der Waals surface area contributed by atoms with Gasteiger partial charge in [-0.25, -0.2) is 0 Å². The third-order valence-corrected chi connectivity index (χ3v) is 2.66. The molecule has 0 aromatic heterocycles. The Morgan fingerprint density at radius 2 is 1.68 bits per heavy atom. The third-order valence-electron chi connectivity index (χ3n) is 2.17. The maximum atomic E-state index is 12.1. The van der Waals surface area contributed by atoms with Crippen molar-refractivity contribution in [2.45, 2.75) is 0 Å². The SMILES string of the molecule is NC(=O)CN(CC(N)=O)C(=O)c1cc(Br)ccc1O. The molecule has 0 aliphatic rings. The quantitative estimate of drug-likeness (QED) is 0.677. The van der Waals surface area contributed by atoms with E-state index in [0.717, 1.165) is 4.90 Å². The number of nitrogens with zero attached hydrogens (tertiary/aromatic N) is 1. The van der Waals surface area contributed by atoms with Crippen molar-refractivity contribution in [2.75, 3.05) is 13.1 Å². The molecule has 0 unspecified atom stereocenters. The Kier molecular flexibility index (Phi) is 4.87. The highest BCUT2D eigenvalue weighted by Crippen LogP contribution is 2.23. The lowest BCUT2D eigenvalue weighted by Crippen LogP contribution is -2.43. The van der Waals surface area contributed by atoms with Gasteiger partial charge < -0.3 is 21.5 Å². The summed E-state index contributed by atoms with van der Waals surface area (Å²) in [5.74, 6) is -2.56. The highest BCUT2D eigenvalue weighted by atomic mass is 79.9. The van der Waals surface area contributed by atoms with Gasteiger partial charge in [0.05, 0.1) is 5.56 Å². The molecule has 3 amide bonds. The van der Waals surface area contributed by atoms with Gasteiger partial charge in [0.15, 0.2) is 0 Å². The number of carbonyl (C=O) groups is 3. The highest BCUT2D eigenvalue weighted by Gasteiger charge is 2.22. The zero-order valence-corrected chi connectivity index (χ0v) is 11.4. The fraction of sp³-hybridized carbons (Fsp3) is 0.182. The molecular weight excluding hydrogens is 318 g/mol. The molecule has 19 heavy (non-hydrogen) atoms. The summed E-state index contributed by atoms with van der Waals surface area (Å²) in [5.41, 5.74) is 9.93. The first kappa shape index (κ1) is 15.0. The van der Waals surface area contributed by atoms with Crippen molar-refractivity contribution in [1.29, 1.82) is 0 Å². The van der Waals surface area contributed by atoms with Crippen molar-refractivity contribution >= 4 is 33.7 Å². The van der Waals surface area contributed by atoms with E-state index in [1.165, 1.54) is 12.1 Å². The van der Waals surface area contributed by atoms with Crippen LogP contribution in [0.1, 0.15) is 10.4 Å². The van der Waals surface area contributed by atoms with Crippen LogP contribution in [-0.2, 0) is 9.59 Å². The van der Waals surface area contributed by atoms with Crippen LogP contribution in [0.2, 0.25) is 0 Å². The molecule has 0 fully saturated rings. The number of phenolic OH excluding ortho intramolecular Hbond substituents is 1. The molecular formula is C11H12BrN3O4. The number of hydrogen-bond acceptors (Lipinski definition) is 4. The summed E-state index contributed by atoms with van der Waals surface area (Å²) in [6.45, 7) is -0.929. The lowest BCUT2D eigenvalue weighted by atomic mass is 10.1. The van der Waals surface area contributed by atoms with Crippen LogP contribution in [0.4, 0.5) is 0 Å². The smallest absolute Gasteiger partial charge is 0.258 e. The molecule has 1 aromatic rings. The summed E-state index contributed by atoms with van der Waals surface area (Å²) in [6.07, 6.45) is 0. The fourth-order valence-electron chi connectivity index (χ4n) is 1.43. The van der Waals surface area contributed by atoms with E-state index in [4.69, 9.17) is 11.5 Å². The zero-order valence-electron chi connectivity index (χ0n) is 9.80. The van der Waals surface area contributed by atoms with E-state index >= 15 is 0 Å². The van der Waals surface area contributed by atoms with Crippen LogP contribution in [0, 0.1) is 0 Å². The first-order valence-electron chi connectivity index (χ1n) is 5.15. The predicted octanol–water partition coefficient (Wildman–Crippen LogP) is -0.433. The molecule has 0 aliphatic carbocycles. The van der Waals surface area contributed by atoms with E-state index in [0.29, 0.717) is 4.47 Å². The molecule has 0 spiro atoms. The van der Waals surface area contributed by atoms with E-state index in [-0.39, 0.29) is 11.3 Å². The molecule has 0 saturated heterocycles. The molecule has 8 heteroatoms. The zero-order chi connectivity index (χ0) is 14.6. The number of carbonyl (C=O) groups excluding carboxylic acids is 3. The van der Waals surface area contributed by atoms with E-state index in [1.54, 1.807) is 6.07 Å². The fourth-order valence-corrected chi connectivity index (χ4v) is 1.79. The second-order valence-electron chi connectivity index (χ2n) is 3.76. The van der Waals surface area contributed by atoms with Gasteiger partial charge in [-0.1, -0.05) is 15.9 Å². The van der Waals surface area contributed by atoms with Crippen LogP contribution < -0.4 is 11.5 Å². The Morgan fingerprint density at radius 3 is 2.16 bits per heavy atom. The molecule has 0 radical (unpaired) electrons. The molecule has 102 valence electrons. The summed E-state index contributed by atoms with van der Waals surface area (Å²) < 4.78 is 0.562. The second kappa shape index (κ2) is 6.19. The Balaban J connectivity index is 3.07. The second-order valence-corrected chi connectivity index (χ2v) is 4.67. The van der Waals surface area contributed by atoms with Gasteiger partial charge in [0.25, 0.3) is 5.91 Å². The van der Waals surface area contributed by atoms with Gasteiger partial charge in [0.1, 0.15) is 18.8 Å². The van der Waals surface area contributed by atoms with Crippen LogP contribution in [-0.4, -0.2) is 40.8 Å². The molecule has 7 nitrogen and oxygen atoms in total. The largest absolute Gasteiger partial charge is 0.507 e. The topological polar surface area (TPSA) is 127 Å². The Labute approximate surface area is 117 Å². The molecule has 0 aliphatic heterocycles. The summed E-state index contributed by atoms with van der Waals surface area (Å²) in [4.78, 5) is 34.8. The first-order chi connectivity index (χ1) is 8.81. The van der Waals surface area contributed by atoms with Gasteiger partial charge in [-0.3, -0.25) is 14.4 Å². The van der Waals surface area contributed by atoms with Crippen molar-refractivity contribution in [2.24, 2.45) is 11.5 Å². The average Bonchev–Trinajstić information content (AvgIpc) is 2.29. The van der Waals surface area contributed by atoms with E-state index in [9.17, 15) is 19.5 Å². The van der Waals surface area contributed by atoms with Crippen molar-refractivity contribution in [3.63, 3.8) is 0 Å². The van der Waals surface area contributed by atoms with Gasteiger partial charge in [-0.2, -0.15) is 0 Å². The Bertz CT molecular complexity index is 517. The molecule has 0 atom stereocenters. The Hall–Kier alpha value is -2.09. The van der Waals surface area contributed by atoms with Gasteiger partial charge in [-0.05, 0) is 18.2 Å². The van der Waals surface area contributed by atoms with E-state index < -0.39 is 30.8 Å². The minimum atomic E-state index is -0.788. The molecule has 5 N–H and O–H groups in total. The molecule has 0 heterocycles. The minimum absolute atomic E-state index is 0.0584. The first-order valence-corrected chi connectivity index (χ1v) is 5.95. The third kappa shape index (κ3) is 4.25. The number of nitrogens with two attached hydrogens (primary N) is 2. The van der Waals surface area contributed by atoms with Gasteiger partial charge in [0, 0.05) is 4.47 Å². The molecule has 1 rings (SSSR count). The van der Waals surface area contributed by atoms with Crippen LogP contribution in [0.25, 0.3) is 0 Å². The number of phenols is 1. The number of halogens is 1. The summed E-state index contributed by atoms with van der Waals surface area (Å²) in [6, 6.07) is 4.22. The summed E-state index contributed by atoms with van der Waals surface area (Å²) >= 11 is 3.15. The lowest BCUT2D eigenvalue weighted by molar-refractivity contribution is -0.121. The van der Waals surface area contributed by atoms with Crippen molar-refractivity contribution in [1.82, 2.24) is 4.90 Å². The number of aromatic hydroxyl groups is 1. The van der Waals surface area contributed by atoms with Gasteiger partial charge in [-0.15, -0.1) is 0 Å². The number of amides is 3. The van der Waals surface area contributed by atoms with Crippen molar-refractivity contribution in [3.8, 4) is 5.75 Å². The highest BCUT2D eigenvalue weighted by molar-refractivity contribution is 9.10. The average molecular weight is 330 g/mol. The van der Waals surface area contributed by atoms with Gasteiger partial charge in [0.2, 0.25) is 11.8 Å². The normalized spacial score (nSPS) is 9.95. The molecule has 0 saturated carbocycles. The van der Waals surface area contributed by atoms with Gasteiger partial charge >= 0.3 is 0 Å². The van der Waals surface area contributed by atoms with Crippen LogP contribution in [0.5, 0.6) is 5.75 Å². The number of hydrogen-bond donors (Lipinski definition) is 3. The summed E-state index contributed by atoms with van der Waals surface area (Å²) in [7, 11) is 0. The number of benzene rings is 1. The number of primary amides is 2. The van der Waals surface area contributed by atoms with E-state index in [1.807, 2.05) is 0 Å². The minimum Gasteiger partial charge on any atom is -0.507 e. The maximum absolute atomic E-state index is 12.1. The van der Waals surface area contributed by atoms with Crippen LogP contribution >= 0.6 is 15.9 Å². The Morgan fingerprint density at radius 1 is 1.16 bits per heavy atom. The predicted molar refractivity (Wildman–Crippen MR) is 70.1 cm³/mol. The monoisotopic (exact) mass is 329 g/mol. The number of rotatable bonds is 5. The van der Waals surface area contributed by atoms with Crippen LogP contribution in [0.3, 0.4) is 0 Å². The maximum Gasteiger partial charge on any atom is 0.258 e. The van der Waals surface area contributed by atoms with Crippen molar-refractivity contribution < 1.29 is 19.5 Å². The molecule has 0 bridgehead atoms. The lowest BCUT2D eigenvalue weighted by Gasteiger charge is -2.20. The standard InChI is InChI=1S/C11H12BrN3O4/c12-6-1-2-8(16)7(3-6)11(19)15(4-9(13)17)5-10(14)18/h1-3,16H,4-5H2,(H2,13,17)(H2,14,18). The van der Waals surface area contributed by atoms with Crippen LogP contribution in [0.15, 0.2) is 22.7 Å². The van der Waals surface area contributed by atoms with Crippen molar-refractivity contribution in [3.05, 3.63) is 28.2 Å². The summed E-state index contributed by atoms with van der Waals surface area (Å²) in [5, 5.41) is 9.62. The molecule has 1 aromatic carbocycles. The van der Waals surface area contributed by atoms with E-state index in [2.05, 4.69) is 15.9 Å².